The van der Waals surface area contributed by atoms with Crippen LogP contribution in [0.3, 0.4) is 0 Å². The third-order valence-electron chi connectivity index (χ3n) is 3.45. The molecule has 0 saturated heterocycles. The molecule has 0 aliphatic heterocycles. The molecule has 0 saturated carbocycles. The van der Waals surface area contributed by atoms with Gasteiger partial charge >= 0.3 is 0 Å². The topological polar surface area (TPSA) is 79.6 Å². The summed E-state index contributed by atoms with van der Waals surface area (Å²) in [7, 11) is 1.51. The van der Waals surface area contributed by atoms with E-state index in [-0.39, 0.29) is 22.5 Å². The van der Waals surface area contributed by atoms with Gasteiger partial charge in [-0.3, -0.25) is 19.6 Å². The molecule has 1 N–H and O–H groups in total. The number of hydrogen-bond acceptors (Lipinski definition) is 5. The summed E-state index contributed by atoms with van der Waals surface area (Å²) in [6.07, 6.45) is 1.41. The summed E-state index contributed by atoms with van der Waals surface area (Å²) in [6, 6.07) is 12.0. The van der Waals surface area contributed by atoms with Gasteiger partial charge in [0.1, 0.15) is 5.69 Å². The minimum Gasteiger partial charge on any atom is -0.503 e. The van der Waals surface area contributed by atoms with E-state index < -0.39 is 17.3 Å². The molecule has 0 unspecified atom stereocenters. The number of aliphatic imine (C=N–C) groups is 1. The van der Waals surface area contributed by atoms with Gasteiger partial charge in [-0.15, -0.1) is 0 Å². The third-order valence-corrected chi connectivity index (χ3v) is 3.45. The van der Waals surface area contributed by atoms with Crippen molar-refractivity contribution in [2.24, 2.45) is 4.99 Å². The molecule has 2 aromatic rings. The first-order valence-electron chi connectivity index (χ1n) is 6.65. The van der Waals surface area contributed by atoms with Crippen molar-refractivity contribution >= 4 is 17.3 Å². The first-order chi connectivity index (χ1) is 10.6. The summed E-state index contributed by atoms with van der Waals surface area (Å²) in [5.74, 6) is -1.73. The molecule has 108 valence electrons. The molecular formula is C17H12N2O3. The van der Waals surface area contributed by atoms with Crippen LogP contribution >= 0.6 is 0 Å². The second-order valence-electron chi connectivity index (χ2n) is 4.72. The number of ketones is 2. The minimum atomic E-state index is -0.665. The lowest BCUT2D eigenvalue weighted by Gasteiger charge is -2.18. The number of rotatable bonds is 2. The summed E-state index contributed by atoms with van der Waals surface area (Å²) >= 11 is 0. The Labute approximate surface area is 126 Å². The number of fused-ring (bicyclic) bond motifs is 1. The quantitative estimate of drug-likeness (QED) is 0.862. The lowest BCUT2D eigenvalue weighted by molar-refractivity contribution is 0.0929. The number of benzene rings is 1. The number of aliphatic hydroxyl groups is 1. The molecular weight excluding hydrogens is 280 g/mol. The molecule has 1 aromatic heterocycles. The predicted molar refractivity (Wildman–Crippen MR) is 81.5 cm³/mol. The summed E-state index contributed by atoms with van der Waals surface area (Å²) in [6.45, 7) is 0. The van der Waals surface area contributed by atoms with Crippen molar-refractivity contribution in [1.82, 2.24) is 4.98 Å². The summed E-state index contributed by atoms with van der Waals surface area (Å²) < 4.78 is 0. The zero-order valence-electron chi connectivity index (χ0n) is 11.8. The first-order valence-corrected chi connectivity index (χ1v) is 6.65. The van der Waals surface area contributed by atoms with Crippen molar-refractivity contribution in [1.29, 1.82) is 0 Å². The Hall–Kier alpha value is -3.08. The van der Waals surface area contributed by atoms with Crippen LogP contribution in [0.4, 0.5) is 0 Å². The normalized spacial score (nSPS) is 15.0. The maximum absolute atomic E-state index is 12.7. The number of Topliss-reactive ketones (excluding diaryl/α,β-unsaturated/α-hetero) is 2. The maximum atomic E-state index is 12.7. The van der Waals surface area contributed by atoms with Gasteiger partial charge < -0.3 is 5.11 Å². The highest BCUT2D eigenvalue weighted by atomic mass is 16.3. The van der Waals surface area contributed by atoms with Gasteiger partial charge in [-0.25, -0.2) is 0 Å². The second-order valence-corrected chi connectivity index (χ2v) is 4.72. The van der Waals surface area contributed by atoms with Gasteiger partial charge in [-0.05, 0) is 12.1 Å². The molecule has 3 rings (SSSR count). The van der Waals surface area contributed by atoms with E-state index in [1.165, 1.54) is 19.3 Å². The van der Waals surface area contributed by atoms with E-state index in [1.807, 2.05) is 6.07 Å². The zero-order chi connectivity index (χ0) is 15.7. The van der Waals surface area contributed by atoms with E-state index in [4.69, 9.17) is 0 Å². The molecule has 5 nitrogen and oxygen atoms in total. The van der Waals surface area contributed by atoms with Crippen LogP contribution in [0.1, 0.15) is 26.4 Å². The van der Waals surface area contributed by atoms with Crippen molar-refractivity contribution in [2.45, 2.75) is 0 Å². The Balaban J connectivity index is 2.21. The summed E-state index contributed by atoms with van der Waals surface area (Å²) in [5.41, 5.74) is 1.000. The molecule has 0 amide bonds. The lowest BCUT2D eigenvalue weighted by atomic mass is 9.87. The monoisotopic (exact) mass is 292 g/mol. The standard InChI is InChI=1S/C17H12N2O3/c1-18-13(10-6-3-2-4-7-10)12-15(20)11-8-5-9-19-14(11)17(22)16(12)21/h2-9,21H,1H3/b18-13-. The number of aromatic nitrogens is 1. The molecule has 1 heterocycles. The number of carbonyl (C=O) groups is 2. The van der Waals surface area contributed by atoms with Gasteiger partial charge in [-0.1, -0.05) is 30.3 Å². The molecule has 1 aromatic carbocycles. The van der Waals surface area contributed by atoms with E-state index in [9.17, 15) is 14.7 Å². The van der Waals surface area contributed by atoms with Gasteiger partial charge in [0.2, 0.25) is 11.6 Å². The minimum absolute atomic E-state index is 0.0303. The van der Waals surface area contributed by atoms with E-state index in [0.717, 1.165) is 0 Å². The van der Waals surface area contributed by atoms with Gasteiger partial charge in [0.05, 0.1) is 16.8 Å². The van der Waals surface area contributed by atoms with Crippen LogP contribution in [-0.4, -0.2) is 34.4 Å². The number of carbonyl (C=O) groups excluding carboxylic acids is 2. The lowest BCUT2D eigenvalue weighted by Crippen LogP contribution is -2.28. The van der Waals surface area contributed by atoms with Crippen LogP contribution < -0.4 is 0 Å². The molecule has 0 fully saturated rings. The number of nitrogens with zero attached hydrogens (tertiary/aromatic N) is 2. The average Bonchev–Trinajstić information content (AvgIpc) is 2.57. The van der Waals surface area contributed by atoms with Crippen molar-refractivity contribution < 1.29 is 14.7 Å². The second kappa shape index (κ2) is 5.37. The Bertz CT molecular complexity index is 836. The van der Waals surface area contributed by atoms with Crippen LogP contribution in [0.25, 0.3) is 0 Å². The van der Waals surface area contributed by atoms with Crippen LogP contribution in [0.5, 0.6) is 0 Å². The van der Waals surface area contributed by atoms with E-state index >= 15 is 0 Å². The summed E-state index contributed by atoms with van der Waals surface area (Å²) in [5, 5.41) is 10.2. The van der Waals surface area contributed by atoms with Gasteiger partial charge in [-0.2, -0.15) is 0 Å². The van der Waals surface area contributed by atoms with Gasteiger partial charge in [0.25, 0.3) is 0 Å². The fourth-order valence-electron chi connectivity index (χ4n) is 2.44. The fraction of sp³-hybridized carbons (Fsp3) is 0.0588. The van der Waals surface area contributed by atoms with Crippen LogP contribution in [-0.2, 0) is 0 Å². The van der Waals surface area contributed by atoms with E-state index in [2.05, 4.69) is 9.98 Å². The summed E-state index contributed by atoms with van der Waals surface area (Å²) in [4.78, 5) is 32.9. The zero-order valence-corrected chi connectivity index (χ0v) is 11.8. The molecule has 0 spiro atoms. The Morgan fingerprint density at radius 1 is 1.05 bits per heavy atom. The third kappa shape index (κ3) is 2.03. The highest BCUT2D eigenvalue weighted by molar-refractivity contribution is 6.39. The van der Waals surface area contributed by atoms with Crippen molar-refractivity contribution in [3.8, 4) is 0 Å². The molecule has 22 heavy (non-hydrogen) atoms. The maximum Gasteiger partial charge on any atom is 0.247 e. The van der Waals surface area contributed by atoms with Crippen LogP contribution in [0.2, 0.25) is 0 Å². The Morgan fingerprint density at radius 3 is 2.45 bits per heavy atom. The Morgan fingerprint density at radius 2 is 1.77 bits per heavy atom. The smallest absolute Gasteiger partial charge is 0.247 e. The molecule has 0 bridgehead atoms. The molecule has 0 radical (unpaired) electrons. The SMILES string of the molecule is C/N=C(\C1=C(O)C(=O)c2ncccc2C1=O)c1ccccc1. The van der Waals surface area contributed by atoms with E-state index in [0.29, 0.717) is 5.56 Å². The average molecular weight is 292 g/mol. The predicted octanol–water partition coefficient (Wildman–Crippen LogP) is 2.39. The molecule has 5 heteroatoms. The number of allylic oxidation sites excluding steroid dienone is 2. The molecule has 0 atom stereocenters. The van der Waals surface area contributed by atoms with Crippen molar-refractivity contribution in [3.05, 3.63) is 76.8 Å². The molecule has 1 aliphatic rings. The first kappa shape index (κ1) is 13.9. The van der Waals surface area contributed by atoms with Crippen molar-refractivity contribution in [3.63, 3.8) is 0 Å². The number of pyridine rings is 1. The van der Waals surface area contributed by atoms with Gasteiger partial charge in [0.15, 0.2) is 5.76 Å². The molecule has 1 aliphatic carbocycles. The number of hydrogen-bond donors (Lipinski definition) is 1. The van der Waals surface area contributed by atoms with Crippen LogP contribution in [0, 0.1) is 0 Å². The van der Waals surface area contributed by atoms with Crippen LogP contribution in [0.15, 0.2) is 65.0 Å². The van der Waals surface area contributed by atoms with E-state index in [1.54, 1.807) is 30.3 Å². The number of aliphatic hydroxyl groups excluding tert-OH is 1. The Kier molecular flexibility index (Phi) is 3.39. The van der Waals surface area contributed by atoms with Crippen molar-refractivity contribution in [2.75, 3.05) is 7.05 Å². The fourth-order valence-corrected chi connectivity index (χ4v) is 2.44. The highest BCUT2D eigenvalue weighted by Gasteiger charge is 2.35. The highest BCUT2D eigenvalue weighted by Crippen LogP contribution is 2.26. The van der Waals surface area contributed by atoms with Gasteiger partial charge in [0, 0.05) is 18.8 Å². The largest absolute Gasteiger partial charge is 0.503 e.